The number of halogens is 1. The number of hydrogen-bond donors (Lipinski definition) is 2. The molecular formula is C19H28IN3. The minimum absolute atomic E-state index is 0. The van der Waals surface area contributed by atoms with Gasteiger partial charge < -0.3 is 15.5 Å². The molecule has 1 heterocycles. The average molecular weight is 425 g/mol. The summed E-state index contributed by atoms with van der Waals surface area (Å²) in [5.41, 5.74) is 2.69. The molecule has 0 saturated carbocycles. The highest BCUT2D eigenvalue weighted by atomic mass is 127. The molecule has 3 rings (SSSR count). The minimum Gasteiger partial charge on any atom is -0.312 e. The second-order valence-corrected chi connectivity index (χ2v) is 6.03. The van der Waals surface area contributed by atoms with E-state index < -0.39 is 0 Å². The van der Waals surface area contributed by atoms with E-state index in [1.165, 1.54) is 11.1 Å². The van der Waals surface area contributed by atoms with Crippen LogP contribution >= 0.6 is 24.0 Å². The molecule has 126 valence electrons. The lowest BCUT2D eigenvalue weighted by Gasteiger charge is -2.34. The third-order valence-electron chi connectivity index (χ3n) is 3.50. The lowest BCUT2D eigenvalue weighted by atomic mass is 9.92. The zero-order valence-electron chi connectivity index (χ0n) is 14.2. The minimum atomic E-state index is 0. The maximum atomic E-state index is 3.62. The van der Waals surface area contributed by atoms with E-state index in [1.54, 1.807) is 0 Å². The van der Waals surface area contributed by atoms with Gasteiger partial charge in [-0.05, 0) is 32.3 Å². The smallest absolute Gasteiger partial charge is 0.0518 e. The largest absolute Gasteiger partial charge is 0.312 e. The first-order valence-corrected chi connectivity index (χ1v) is 7.86. The molecule has 1 saturated heterocycles. The first-order valence-electron chi connectivity index (χ1n) is 7.86. The predicted octanol–water partition coefficient (Wildman–Crippen LogP) is 3.46. The number of nitrogens with zero attached hydrogens (tertiary/aromatic N) is 1. The number of piperazine rings is 1. The zero-order chi connectivity index (χ0) is 15.8. The summed E-state index contributed by atoms with van der Waals surface area (Å²) in [7, 11) is 6.00. The number of rotatable bonds is 2. The summed E-state index contributed by atoms with van der Waals surface area (Å²) in [5.74, 6) is 0. The van der Waals surface area contributed by atoms with Gasteiger partial charge in [0, 0.05) is 13.1 Å². The Hall–Kier alpha value is -0.950. The zero-order valence-corrected chi connectivity index (χ0v) is 16.5. The van der Waals surface area contributed by atoms with Gasteiger partial charge in [0.15, 0.2) is 0 Å². The maximum Gasteiger partial charge on any atom is 0.0518 e. The van der Waals surface area contributed by atoms with Crippen molar-refractivity contribution in [3.8, 4) is 0 Å². The maximum absolute atomic E-state index is 3.62. The molecule has 0 radical (unpaired) electrons. The normalized spacial score (nSPS) is 20.2. The van der Waals surface area contributed by atoms with Crippen molar-refractivity contribution in [3.05, 3.63) is 71.8 Å². The molecule has 4 heteroatoms. The van der Waals surface area contributed by atoms with Crippen molar-refractivity contribution in [3.63, 3.8) is 0 Å². The molecule has 0 bridgehead atoms. The summed E-state index contributed by atoms with van der Waals surface area (Å²) >= 11 is 0. The summed E-state index contributed by atoms with van der Waals surface area (Å²) in [5, 5.41) is 7.24. The van der Waals surface area contributed by atoms with Crippen molar-refractivity contribution < 1.29 is 0 Å². The Kier molecular flexibility index (Phi) is 9.40. The van der Waals surface area contributed by atoms with E-state index in [0.29, 0.717) is 12.1 Å². The molecule has 2 atom stereocenters. The molecule has 2 aromatic rings. The summed E-state index contributed by atoms with van der Waals surface area (Å²) in [4.78, 5) is 2.00. The van der Waals surface area contributed by atoms with Gasteiger partial charge in [-0.25, -0.2) is 0 Å². The molecule has 1 aliphatic rings. The van der Waals surface area contributed by atoms with Gasteiger partial charge in [-0.1, -0.05) is 60.7 Å². The second-order valence-electron chi connectivity index (χ2n) is 6.03. The first kappa shape index (κ1) is 20.1. The third-order valence-corrected chi connectivity index (χ3v) is 3.50. The van der Waals surface area contributed by atoms with E-state index in [9.17, 15) is 0 Å². The van der Waals surface area contributed by atoms with Gasteiger partial charge in [-0.2, -0.15) is 0 Å². The van der Waals surface area contributed by atoms with Crippen molar-refractivity contribution in [1.29, 1.82) is 0 Å². The quantitative estimate of drug-likeness (QED) is 0.722. The monoisotopic (exact) mass is 425 g/mol. The van der Waals surface area contributed by atoms with E-state index in [-0.39, 0.29) is 24.0 Å². The van der Waals surface area contributed by atoms with Crippen molar-refractivity contribution in [2.45, 2.75) is 12.1 Å². The van der Waals surface area contributed by atoms with E-state index in [1.807, 2.05) is 26.0 Å². The number of benzene rings is 2. The van der Waals surface area contributed by atoms with Crippen LogP contribution in [0.3, 0.4) is 0 Å². The van der Waals surface area contributed by atoms with Crippen molar-refractivity contribution >= 4 is 24.0 Å². The Bertz CT molecular complexity index is 481. The highest BCUT2D eigenvalue weighted by molar-refractivity contribution is 14.0. The summed E-state index contributed by atoms with van der Waals surface area (Å²) in [6, 6.07) is 22.0. The predicted molar refractivity (Wildman–Crippen MR) is 109 cm³/mol. The lowest BCUT2D eigenvalue weighted by Crippen LogP contribution is -2.45. The molecule has 0 aliphatic carbocycles. The summed E-state index contributed by atoms with van der Waals surface area (Å²) in [6.45, 7) is 2.03. The molecule has 1 fully saturated rings. The molecule has 3 nitrogen and oxygen atoms in total. The first-order chi connectivity index (χ1) is 10.7. The second kappa shape index (κ2) is 10.8. The molecule has 0 aromatic heterocycles. The van der Waals surface area contributed by atoms with Crippen molar-refractivity contribution in [2.24, 2.45) is 0 Å². The Morgan fingerprint density at radius 3 is 1.30 bits per heavy atom. The van der Waals surface area contributed by atoms with Gasteiger partial charge in [0.05, 0.1) is 12.1 Å². The molecule has 1 aliphatic heterocycles. The Balaban J connectivity index is 0.000000478. The van der Waals surface area contributed by atoms with Gasteiger partial charge in [0.2, 0.25) is 0 Å². The van der Waals surface area contributed by atoms with Crippen LogP contribution in [0.2, 0.25) is 0 Å². The van der Waals surface area contributed by atoms with Gasteiger partial charge in [0.1, 0.15) is 0 Å². The van der Waals surface area contributed by atoms with Crippen LogP contribution in [0.4, 0.5) is 0 Å². The van der Waals surface area contributed by atoms with Crippen molar-refractivity contribution in [1.82, 2.24) is 15.5 Å². The van der Waals surface area contributed by atoms with Crippen LogP contribution < -0.4 is 10.6 Å². The highest BCUT2D eigenvalue weighted by Crippen LogP contribution is 2.30. The molecule has 0 spiro atoms. The van der Waals surface area contributed by atoms with Crippen LogP contribution in [0.25, 0.3) is 0 Å². The highest BCUT2D eigenvalue weighted by Gasteiger charge is 2.26. The van der Waals surface area contributed by atoms with Gasteiger partial charge >= 0.3 is 0 Å². The van der Waals surface area contributed by atoms with Crippen LogP contribution in [0, 0.1) is 0 Å². The van der Waals surface area contributed by atoms with Gasteiger partial charge in [-0.3, -0.25) is 0 Å². The summed E-state index contributed by atoms with van der Waals surface area (Å²) < 4.78 is 0. The number of nitrogens with one attached hydrogen (secondary N) is 2. The third kappa shape index (κ3) is 6.59. The standard InChI is InChI=1S/C16H18N2.C3H9N.HI/c1-3-7-13(8-4-1)15-16(18-12-11-17-15)14-9-5-2-6-10-14;1-4(2)3;/h1-10,15-18H,11-12H2;1-3H3;1H. The van der Waals surface area contributed by atoms with E-state index in [2.05, 4.69) is 71.3 Å². The van der Waals surface area contributed by atoms with Crippen LogP contribution in [-0.4, -0.2) is 39.1 Å². The van der Waals surface area contributed by atoms with Crippen molar-refractivity contribution in [2.75, 3.05) is 34.2 Å². The summed E-state index contributed by atoms with van der Waals surface area (Å²) in [6.07, 6.45) is 0. The topological polar surface area (TPSA) is 27.3 Å². The van der Waals surface area contributed by atoms with Crippen LogP contribution in [0.5, 0.6) is 0 Å². The fraction of sp³-hybridized carbons (Fsp3) is 0.368. The Labute approximate surface area is 157 Å². The molecule has 2 unspecified atom stereocenters. The van der Waals surface area contributed by atoms with E-state index >= 15 is 0 Å². The molecular weight excluding hydrogens is 397 g/mol. The van der Waals surface area contributed by atoms with Crippen LogP contribution in [0.1, 0.15) is 23.2 Å². The fourth-order valence-electron chi connectivity index (χ4n) is 2.63. The molecule has 2 N–H and O–H groups in total. The van der Waals surface area contributed by atoms with Gasteiger partial charge in [0.25, 0.3) is 0 Å². The van der Waals surface area contributed by atoms with E-state index in [4.69, 9.17) is 0 Å². The average Bonchev–Trinajstić information content (AvgIpc) is 2.56. The number of hydrogen-bond acceptors (Lipinski definition) is 3. The molecule has 0 amide bonds. The Morgan fingerprint density at radius 2 is 1.00 bits per heavy atom. The Morgan fingerprint density at radius 1 is 0.696 bits per heavy atom. The van der Waals surface area contributed by atoms with Crippen LogP contribution in [0.15, 0.2) is 60.7 Å². The van der Waals surface area contributed by atoms with Crippen LogP contribution in [-0.2, 0) is 0 Å². The van der Waals surface area contributed by atoms with Gasteiger partial charge in [-0.15, -0.1) is 24.0 Å². The molecule has 2 aromatic carbocycles. The molecule has 23 heavy (non-hydrogen) atoms. The fourth-order valence-corrected chi connectivity index (χ4v) is 2.63. The van der Waals surface area contributed by atoms with E-state index in [0.717, 1.165) is 13.1 Å². The lowest BCUT2D eigenvalue weighted by molar-refractivity contribution is 0.333. The SMILES string of the molecule is CN(C)C.I.c1ccc(C2NCCNC2c2ccccc2)cc1.